The summed E-state index contributed by atoms with van der Waals surface area (Å²) in [5.41, 5.74) is 12.0. The lowest BCUT2D eigenvalue weighted by Gasteiger charge is -2.34. The van der Waals surface area contributed by atoms with Crippen LogP contribution < -0.4 is 20.7 Å². The third-order valence-corrected chi connectivity index (χ3v) is 21.8. The SMILES string of the molecule is c1ccc([Si](c2ccccc2)(c2ccccc2)c2cccc(-c3nc(-c4ccc5c(c4)oc4ccccc45)nc(-n4c5ccc(-n6c7ccccc7c7ccccc76)cc5c5cc(-n6c7ccccc7c7ccccc76)ccc54)n3)c2)cc1. The Morgan fingerprint density at radius 3 is 1.14 bits per heavy atom. The lowest BCUT2D eigenvalue weighted by Crippen LogP contribution is -2.74. The molecule has 17 rings (SSSR count). The van der Waals surface area contributed by atoms with Crippen molar-refractivity contribution in [3.63, 3.8) is 0 Å². The van der Waals surface area contributed by atoms with Crippen molar-refractivity contribution in [3.05, 3.63) is 291 Å². The van der Waals surface area contributed by atoms with Crippen molar-refractivity contribution in [1.82, 2.24) is 28.7 Å². The molecular formula is C75H48N6OSi. The van der Waals surface area contributed by atoms with Crippen molar-refractivity contribution in [2.45, 2.75) is 0 Å². The molecule has 0 fully saturated rings. The summed E-state index contributed by atoms with van der Waals surface area (Å²) in [4.78, 5) is 16.7. The summed E-state index contributed by atoms with van der Waals surface area (Å²) in [5.74, 6) is 1.61. The fraction of sp³-hybridized carbons (Fsp3) is 0. The summed E-state index contributed by atoms with van der Waals surface area (Å²) >= 11 is 0. The van der Waals surface area contributed by atoms with Crippen LogP contribution in [0.2, 0.25) is 0 Å². The third kappa shape index (κ3) is 7.19. The maximum atomic E-state index is 6.54. The van der Waals surface area contributed by atoms with Crippen LogP contribution in [0.5, 0.6) is 0 Å². The van der Waals surface area contributed by atoms with Gasteiger partial charge in [-0.2, -0.15) is 9.97 Å². The van der Waals surface area contributed by atoms with Crippen LogP contribution in [0.15, 0.2) is 296 Å². The third-order valence-electron chi connectivity index (χ3n) is 17.0. The van der Waals surface area contributed by atoms with Crippen LogP contribution in [0.1, 0.15) is 0 Å². The Kier molecular flexibility index (Phi) is 10.5. The quantitative estimate of drug-likeness (QED) is 0.107. The van der Waals surface area contributed by atoms with Crippen molar-refractivity contribution in [2.24, 2.45) is 0 Å². The summed E-state index contributed by atoms with van der Waals surface area (Å²) in [6.45, 7) is 0. The average molecular weight is 1080 g/mol. The van der Waals surface area contributed by atoms with Crippen LogP contribution in [-0.4, -0.2) is 36.7 Å². The molecule has 0 aliphatic rings. The fourth-order valence-corrected chi connectivity index (χ4v) is 18.2. The Morgan fingerprint density at radius 1 is 0.253 bits per heavy atom. The van der Waals surface area contributed by atoms with Crippen LogP contribution in [0.3, 0.4) is 0 Å². The molecular weight excluding hydrogens is 1030 g/mol. The highest BCUT2D eigenvalue weighted by atomic mass is 28.3. The number of rotatable bonds is 9. The van der Waals surface area contributed by atoms with Gasteiger partial charge in [-0.25, -0.2) is 4.98 Å². The number of para-hydroxylation sites is 5. The van der Waals surface area contributed by atoms with E-state index < -0.39 is 8.07 Å². The average Bonchev–Trinajstić information content (AvgIpc) is 4.01. The highest BCUT2D eigenvalue weighted by molar-refractivity contribution is 7.19. The predicted octanol–water partition coefficient (Wildman–Crippen LogP) is 15.8. The summed E-state index contributed by atoms with van der Waals surface area (Å²) in [6.07, 6.45) is 0. The second kappa shape index (κ2) is 18.6. The first-order valence-corrected chi connectivity index (χ1v) is 30.2. The Bertz CT molecular complexity index is 5030. The Labute approximate surface area is 477 Å². The molecule has 5 aromatic heterocycles. The Balaban J connectivity index is 0.942. The van der Waals surface area contributed by atoms with Gasteiger partial charge in [-0.1, -0.05) is 212 Å². The first-order chi connectivity index (χ1) is 41.2. The second-order valence-electron chi connectivity index (χ2n) is 21.5. The van der Waals surface area contributed by atoms with Gasteiger partial charge >= 0.3 is 0 Å². The van der Waals surface area contributed by atoms with Crippen molar-refractivity contribution in [2.75, 3.05) is 0 Å². The number of hydrogen-bond acceptors (Lipinski definition) is 4. The van der Waals surface area contributed by atoms with Gasteiger partial charge in [0.05, 0.1) is 33.1 Å². The lowest BCUT2D eigenvalue weighted by atomic mass is 10.1. The minimum Gasteiger partial charge on any atom is -0.456 e. The summed E-state index contributed by atoms with van der Waals surface area (Å²) in [5, 5.41) is 14.2. The predicted molar refractivity (Wildman–Crippen MR) is 345 cm³/mol. The van der Waals surface area contributed by atoms with Gasteiger partial charge in [0.1, 0.15) is 11.2 Å². The molecule has 0 amide bonds. The van der Waals surface area contributed by atoms with E-state index in [1.807, 2.05) is 12.1 Å². The van der Waals surface area contributed by atoms with E-state index in [1.54, 1.807) is 0 Å². The maximum Gasteiger partial charge on any atom is 0.238 e. The molecule has 7 nitrogen and oxygen atoms in total. The first-order valence-electron chi connectivity index (χ1n) is 28.2. The maximum absolute atomic E-state index is 6.54. The van der Waals surface area contributed by atoms with Crippen LogP contribution in [0.4, 0.5) is 0 Å². The zero-order chi connectivity index (χ0) is 54.6. The van der Waals surface area contributed by atoms with Gasteiger partial charge in [-0.05, 0) is 99.6 Å². The molecule has 12 aromatic carbocycles. The Morgan fingerprint density at radius 2 is 0.651 bits per heavy atom. The zero-order valence-corrected chi connectivity index (χ0v) is 45.8. The standard InChI is InChI=1S/C75H48N6OSi/c1-4-22-53(23-5-1)83(54-24-6-2-7-25-54,55-26-8-3-9-27-55)56-28-20-21-49(45-56)73-76-74(50-39-42-62-61-33-14-19-38-71(61)82-72(62)46-50)78-75(77-73)81-69-43-40-51(79-65-34-15-10-29-57(65)58-30-11-16-35-66(58)79)47-63(69)64-48-52(41-44-70(64)81)80-67-36-17-12-31-59(67)60-32-13-18-37-68(60)80/h1-48H. The van der Waals surface area contributed by atoms with Crippen molar-refractivity contribution in [3.8, 4) is 40.1 Å². The lowest BCUT2D eigenvalue weighted by molar-refractivity contribution is 0.669. The van der Waals surface area contributed by atoms with E-state index >= 15 is 0 Å². The molecule has 0 atom stereocenters. The van der Waals surface area contributed by atoms with Crippen molar-refractivity contribution < 1.29 is 4.42 Å². The van der Waals surface area contributed by atoms with E-state index in [2.05, 4.69) is 293 Å². The van der Waals surface area contributed by atoms with Gasteiger partial charge in [-0.3, -0.25) is 4.57 Å². The first kappa shape index (κ1) is 46.9. The molecule has 0 unspecified atom stereocenters. The molecule has 0 saturated carbocycles. The summed E-state index contributed by atoms with van der Waals surface area (Å²) < 4.78 is 13.6. The normalized spacial score (nSPS) is 12.1. The van der Waals surface area contributed by atoms with E-state index in [1.165, 1.54) is 42.3 Å². The van der Waals surface area contributed by atoms with E-state index in [-0.39, 0.29) is 0 Å². The molecule has 0 aliphatic carbocycles. The van der Waals surface area contributed by atoms with E-state index in [0.717, 1.165) is 88.3 Å². The van der Waals surface area contributed by atoms with Gasteiger partial charge in [0.2, 0.25) is 5.95 Å². The van der Waals surface area contributed by atoms with E-state index in [0.29, 0.717) is 17.6 Å². The van der Waals surface area contributed by atoms with Crippen molar-refractivity contribution >= 4 is 116 Å². The molecule has 0 saturated heterocycles. The number of benzene rings is 12. The topological polar surface area (TPSA) is 66.6 Å². The van der Waals surface area contributed by atoms with Crippen LogP contribution in [-0.2, 0) is 0 Å². The molecule has 388 valence electrons. The molecule has 17 aromatic rings. The van der Waals surface area contributed by atoms with Gasteiger partial charge < -0.3 is 13.6 Å². The Hall–Kier alpha value is -10.9. The van der Waals surface area contributed by atoms with Gasteiger partial charge in [0, 0.05) is 65.6 Å². The number of fused-ring (bicyclic) bond motifs is 12. The minimum absolute atomic E-state index is 0.506. The zero-order valence-electron chi connectivity index (χ0n) is 44.8. The summed E-state index contributed by atoms with van der Waals surface area (Å²) in [6, 6.07) is 105. The molecule has 5 heterocycles. The molecule has 0 spiro atoms. The molecule has 0 bridgehead atoms. The number of aromatic nitrogens is 6. The molecule has 0 N–H and O–H groups in total. The van der Waals surface area contributed by atoms with Crippen LogP contribution in [0, 0.1) is 0 Å². The van der Waals surface area contributed by atoms with Gasteiger partial charge in [0.25, 0.3) is 0 Å². The van der Waals surface area contributed by atoms with E-state index in [4.69, 9.17) is 19.4 Å². The van der Waals surface area contributed by atoms with Crippen LogP contribution >= 0.6 is 0 Å². The molecule has 83 heavy (non-hydrogen) atoms. The smallest absolute Gasteiger partial charge is 0.238 e. The number of hydrogen-bond donors (Lipinski definition) is 0. The largest absolute Gasteiger partial charge is 0.456 e. The highest BCUT2D eigenvalue weighted by Gasteiger charge is 2.41. The number of furan rings is 1. The molecule has 8 heteroatoms. The van der Waals surface area contributed by atoms with Gasteiger partial charge in [-0.15, -0.1) is 0 Å². The second-order valence-corrected chi connectivity index (χ2v) is 25.3. The minimum atomic E-state index is -2.95. The number of nitrogens with zero attached hydrogens (tertiary/aromatic N) is 6. The van der Waals surface area contributed by atoms with Crippen molar-refractivity contribution in [1.29, 1.82) is 0 Å². The monoisotopic (exact) mass is 1080 g/mol. The summed E-state index contributed by atoms with van der Waals surface area (Å²) in [7, 11) is -2.95. The fourth-order valence-electron chi connectivity index (χ4n) is 13.4. The molecule has 0 aliphatic heterocycles. The van der Waals surface area contributed by atoms with E-state index in [9.17, 15) is 0 Å². The van der Waals surface area contributed by atoms with Crippen LogP contribution in [0.25, 0.3) is 127 Å². The van der Waals surface area contributed by atoms with Gasteiger partial charge in [0.15, 0.2) is 19.7 Å². The highest BCUT2D eigenvalue weighted by Crippen LogP contribution is 2.40. The molecule has 0 radical (unpaired) electrons.